The van der Waals surface area contributed by atoms with Gasteiger partial charge in [0.15, 0.2) is 0 Å². The Kier molecular flexibility index (Phi) is 4.32. The summed E-state index contributed by atoms with van der Waals surface area (Å²) in [6.07, 6.45) is 8.53. The Labute approximate surface area is 119 Å². The van der Waals surface area contributed by atoms with Gasteiger partial charge in [0.05, 0.1) is 0 Å². The Balaban J connectivity index is 2.20. The third-order valence-corrected chi connectivity index (χ3v) is 6.13. The second kappa shape index (κ2) is 5.41. The van der Waals surface area contributed by atoms with Crippen molar-refractivity contribution in [3.63, 3.8) is 0 Å². The zero-order valence-corrected chi connectivity index (χ0v) is 13.1. The highest BCUT2D eigenvalue weighted by atomic mass is 127. The molecule has 0 aromatic carbocycles. The number of carbonyl (C=O) groups is 1. The lowest BCUT2D eigenvalue weighted by Gasteiger charge is -2.44. The molecule has 0 saturated heterocycles. The van der Waals surface area contributed by atoms with Crippen molar-refractivity contribution in [1.82, 2.24) is 0 Å². The molecule has 1 nitrogen and oxygen atoms in total. The van der Waals surface area contributed by atoms with Crippen molar-refractivity contribution in [2.24, 2.45) is 23.2 Å². The fraction of sp³-hybridized carbons (Fsp3) is 0.800. The quantitative estimate of drug-likeness (QED) is 0.533. The Morgan fingerprint density at radius 3 is 2.94 bits per heavy atom. The fourth-order valence-electron chi connectivity index (χ4n) is 4.46. The van der Waals surface area contributed by atoms with Gasteiger partial charge in [-0.1, -0.05) is 42.0 Å². The maximum Gasteiger partial charge on any atom is 0.120 e. The van der Waals surface area contributed by atoms with E-state index in [1.807, 2.05) is 0 Å². The second-order valence-corrected chi connectivity index (χ2v) is 6.78. The van der Waals surface area contributed by atoms with Crippen LogP contribution in [-0.4, -0.2) is 6.29 Å². The van der Waals surface area contributed by atoms with E-state index in [4.69, 9.17) is 0 Å². The molecule has 0 spiro atoms. The molecule has 0 heterocycles. The molecule has 2 heteroatoms. The van der Waals surface area contributed by atoms with Crippen LogP contribution >= 0.6 is 22.6 Å². The van der Waals surface area contributed by atoms with Gasteiger partial charge in [-0.05, 0) is 59.4 Å². The maximum atomic E-state index is 10.7. The minimum absolute atomic E-state index is 0.470. The van der Waals surface area contributed by atoms with Crippen molar-refractivity contribution in [2.75, 3.05) is 0 Å². The summed E-state index contributed by atoms with van der Waals surface area (Å²) in [6.45, 7) is 4.75. The van der Waals surface area contributed by atoms with Crippen molar-refractivity contribution < 1.29 is 4.79 Å². The van der Waals surface area contributed by atoms with Gasteiger partial charge in [-0.3, -0.25) is 0 Å². The van der Waals surface area contributed by atoms with Crippen molar-refractivity contribution >= 4 is 28.9 Å². The average Bonchev–Trinajstić information content (AvgIpc) is 2.66. The Bertz CT molecular complexity index is 323. The van der Waals surface area contributed by atoms with E-state index in [1.54, 1.807) is 5.57 Å². The lowest BCUT2D eigenvalue weighted by atomic mass is 9.61. The molecule has 0 aromatic rings. The monoisotopic (exact) mass is 346 g/mol. The minimum Gasteiger partial charge on any atom is -0.303 e. The molecular weight excluding hydrogens is 323 g/mol. The molecule has 0 aliphatic heterocycles. The Morgan fingerprint density at radius 2 is 2.29 bits per heavy atom. The van der Waals surface area contributed by atoms with E-state index >= 15 is 0 Å². The van der Waals surface area contributed by atoms with Crippen molar-refractivity contribution in [3.05, 3.63) is 9.66 Å². The molecule has 0 bridgehead atoms. The first kappa shape index (κ1) is 13.6. The van der Waals surface area contributed by atoms with E-state index in [-0.39, 0.29) is 0 Å². The van der Waals surface area contributed by atoms with Gasteiger partial charge >= 0.3 is 0 Å². The van der Waals surface area contributed by atoms with Crippen LogP contribution in [0.2, 0.25) is 0 Å². The van der Waals surface area contributed by atoms with Crippen LogP contribution in [0.3, 0.4) is 0 Å². The zero-order valence-electron chi connectivity index (χ0n) is 10.9. The van der Waals surface area contributed by atoms with Gasteiger partial charge < -0.3 is 4.79 Å². The van der Waals surface area contributed by atoms with Gasteiger partial charge in [0.2, 0.25) is 0 Å². The Morgan fingerprint density at radius 1 is 1.53 bits per heavy atom. The smallest absolute Gasteiger partial charge is 0.120 e. The molecule has 17 heavy (non-hydrogen) atoms. The summed E-state index contributed by atoms with van der Waals surface area (Å²) in [6, 6.07) is 0. The summed E-state index contributed by atoms with van der Waals surface area (Å²) in [5, 5.41) is 0. The first-order valence-corrected chi connectivity index (χ1v) is 8.11. The molecule has 2 rings (SSSR count). The van der Waals surface area contributed by atoms with Crippen LogP contribution in [0.5, 0.6) is 0 Å². The van der Waals surface area contributed by atoms with E-state index in [9.17, 15) is 4.79 Å². The standard InChI is InChI=1S/C15H23IO/c1-11(7-9-17)13-5-6-14-12(10-16)4-3-8-15(13,14)2/h9-11,13-14H,3-8H2,1-2H3/b12-10+/t11-,13-,14?,15-/m1/s1. The van der Waals surface area contributed by atoms with E-state index in [0.717, 1.165) is 24.5 Å². The number of aldehydes is 1. The van der Waals surface area contributed by atoms with Gasteiger partial charge in [0.1, 0.15) is 6.29 Å². The first-order chi connectivity index (χ1) is 8.13. The van der Waals surface area contributed by atoms with Crippen LogP contribution < -0.4 is 0 Å². The normalized spacial score (nSPS) is 41.2. The minimum atomic E-state index is 0.470. The van der Waals surface area contributed by atoms with Crippen LogP contribution in [-0.2, 0) is 4.79 Å². The lowest BCUT2D eigenvalue weighted by molar-refractivity contribution is -0.109. The predicted molar refractivity (Wildman–Crippen MR) is 80.1 cm³/mol. The maximum absolute atomic E-state index is 10.7. The van der Waals surface area contributed by atoms with Gasteiger partial charge in [-0.25, -0.2) is 0 Å². The van der Waals surface area contributed by atoms with Gasteiger partial charge in [-0.15, -0.1) is 0 Å². The summed E-state index contributed by atoms with van der Waals surface area (Å²) in [7, 11) is 0. The van der Waals surface area contributed by atoms with Crippen LogP contribution in [0.4, 0.5) is 0 Å². The molecule has 2 aliphatic rings. The summed E-state index contributed by atoms with van der Waals surface area (Å²) in [5.74, 6) is 2.12. The molecule has 2 saturated carbocycles. The van der Waals surface area contributed by atoms with Gasteiger partial charge in [-0.2, -0.15) is 0 Å². The van der Waals surface area contributed by atoms with Crippen molar-refractivity contribution in [1.29, 1.82) is 0 Å². The molecule has 1 unspecified atom stereocenters. The topological polar surface area (TPSA) is 17.1 Å². The van der Waals surface area contributed by atoms with Crippen LogP contribution in [0.1, 0.15) is 52.4 Å². The molecule has 0 N–H and O–H groups in total. The number of hydrogen-bond acceptors (Lipinski definition) is 1. The van der Waals surface area contributed by atoms with Gasteiger partial charge in [0, 0.05) is 6.42 Å². The van der Waals surface area contributed by atoms with Crippen molar-refractivity contribution in [3.8, 4) is 0 Å². The molecule has 0 aromatic heterocycles. The van der Waals surface area contributed by atoms with Crippen molar-refractivity contribution in [2.45, 2.75) is 52.4 Å². The zero-order chi connectivity index (χ0) is 12.5. The summed E-state index contributed by atoms with van der Waals surface area (Å²) in [5.41, 5.74) is 2.15. The number of rotatable bonds is 3. The highest BCUT2D eigenvalue weighted by Crippen LogP contribution is 2.59. The van der Waals surface area contributed by atoms with E-state index in [1.165, 1.54) is 32.1 Å². The SMILES string of the molecule is C[C@H](CC=O)[C@H]1CCC2/C(=C/I)CCC[C@@]21C. The number of allylic oxidation sites excluding steroid dienone is 1. The van der Waals surface area contributed by atoms with Crippen LogP contribution in [0, 0.1) is 23.2 Å². The van der Waals surface area contributed by atoms with E-state index in [2.05, 4.69) is 40.5 Å². The predicted octanol–water partition coefficient (Wildman–Crippen LogP) is 4.75. The molecule has 0 amide bonds. The average molecular weight is 346 g/mol. The number of carbonyl (C=O) groups excluding carboxylic acids is 1. The molecule has 4 atom stereocenters. The third kappa shape index (κ3) is 2.34. The third-order valence-electron chi connectivity index (χ3n) is 5.33. The molecule has 2 fully saturated rings. The largest absolute Gasteiger partial charge is 0.303 e. The second-order valence-electron chi connectivity index (χ2n) is 6.16. The highest BCUT2D eigenvalue weighted by molar-refractivity contribution is 14.1. The number of fused-ring (bicyclic) bond motifs is 1. The Hall–Kier alpha value is 0.140. The first-order valence-electron chi connectivity index (χ1n) is 6.86. The fourth-order valence-corrected chi connectivity index (χ4v) is 5.21. The number of halogens is 1. The van der Waals surface area contributed by atoms with E-state index < -0.39 is 0 Å². The summed E-state index contributed by atoms with van der Waals surface area (Å²) in [4.78, 5) is 10.7. The number of hydrogen-bond donors (Lipinski definition) is 0. The van der Waals surface area contributed by atoms with Crippen LogP contribution in [0.15, 0.2) is 9.66 Å². The summed E-state index contributed by atoms with van der Waals surface area (Å²) < 4.78 is 2.33. The van der Waals surface area contributed by atoms with Gasteiger partial charge in [0.25, 0.3) is 0 Å². The molecule has 0 radical (unpaired) electrons. The summed E-state index contributed by atoms with van der Waals surface area (Å²) >= 11 is 2.41. The molecule has 2 aliphatic carbocycles. The van der Waals surface area contributed by atoms with Crippen LogP contribution in [0.25, 0.3) is 0 Å². The van der Waals surface area contributed by atoms with E-state index in [0.29, 0.717) is 11.3 Å². The molecular formula is C15H23IO. The molecule has 96 valence electrons. The highest BCUT2D eigenvalue weighted by Gasteiger charge is 2.50. The lowest BCUT2D eigenvalue weighted by Crippen LogP contribution is -2.35.